The second-order valence-electron chi connectivity index (χ2n) is 6.08. The molecule has 114 valence electrons. The second-order valence-corrected chi connectivity index (χ2v) is 6.08. The number of hydrogen-bond acceptors (Lipinski definition) is 2. The highest BCUT2D eigenvalue weighted by Crippen LogP contribution is 2.28. The van der Waals surface area contributed by atoms with Crippen LogP contribution >= 0.6 is 0 Å². The smallest absolute Gasteiger partial charge is 0.225 e. The van der Waals surface area contributed by atoms with Crippen LogP contribution in [0.1, 0.15) is 38.5 Å². The van der Waals surface area contributed by atoms with Crippen molar-refractivity contribution in [2.45, 2.75) is 44.6 Å². The number of benzene rings is 1. The van der Waals surface area contributed by atoms with Crippen molar-refractivity contribution in [2.24, 2.45) is 5.92 Å². The largest absolute Gasteiger partial charge is 0.490 e. The van der Waals surface area contributed by atoms with Crippen LogP contribution in [0.4, 0.5) is 4.39 Å². The Morgan fingerprint density at radius 2 is 1.67 bits per heavy atom. The molecule has 0 spiro atoms. The Labute approximate surface area is 125 Å². The van der Waals surface area contributed by atoms with Crippen LogP contribution in [0.3, 0.4) is 0 Å². The van der Waals surface area contributed by atoms with Crippen molar-refractivity contribution in [1.82, 2.24) is 4.90 Å². The van der Waals surface area contributed by atoms with Gasteiger partial charge in [0, 0.05) is 31.8 Å². The predicted molar refractivity (Wildman–Crippen MR) is 78.6 cm³/mol. The maximum absolute atomic E-state index is 12.9. The highest BCUT2D eigenvalue weighted by atomic mass is 19.1. The van der Waals surface area contributed by atoms with E-state index in [9.17, 15) is 9.18 Å². The molecule has 2 fully saturated rings. The third-order valence-electron chi connectivity index (χ3n) is 4.57. The quantitative estimate of drug-likeness (QED) is 0.854. The van der Waals surface area contributed by atoms with Crippen molar-refractivity contribution in [1.29, 1.82) is 0 Å². The first kappa shape index (κ1) is 14.4. The molecule has 1 saturated heterocycles. The number of ether oxygens (including phenoxy) is 1. The lowest BCUT2D eigenvalue weighted by Gasteiger charge is -2.33. The van der Waals surface area contributed by atoms with E-state index in [1.165, 1.54) is 25.0 Å². The lowest BCUT2D eigenvalue weighted by atomic mass is 10.0. The number of piperidine rings is 1. The molecular weight excluding hydrogens is 269 g/mol. The van der Waals surface area contributed by atoms with Gasteiger partial charge in [-0.05, 0) is 37.1 Å². The summed E-state index contributed by atoms with van der Waals surface area (Å²) in [5.74, 6) is 1.06. The molecule has 21 heavy (non-hydrogen) atoms. The van der Waals surface area contributed by atoms with Crippen LogP contribution in [-0.2, 0) is 4.79 Å². The van der Waals surface area contributed by atoms with E-state index < -0.39 is 0 Å². The first-order valence-electron chi connectivity index (χ1n) is 7.93. The highest BCUT2D eigenvalue weighted by Gasteiger charge is 2.30. The van der Waals surface area contributed by atoms with Gasteiger partial charge >= 0.3 is 0 Å². The zero-order chi connectivity index (χ0) is 14.7. The molecule has 0 aromatic heterocycles. The highest BCUT2D eigenvalue weighted by molar-refractivity contribution is 5.79. The summed E-state index contributed by atoms with van der Waals surface area (Å²) >= 11 is 0. The van der Waals surface area contributed by atoms with E-state index in [1.54, 1.807) is 12.1 Å². The molecule has 0 atom stereocenters. The predicted octanol–water partition coefficient (Wildman–Crippen LogP) is 3.39. The summed E-state index contributed by atoms with van der Waals surface area (Å²) in [5.41, 5.74) is 0. The maximum atomic E-state index is 12.9. The number of hydrogen-bond donors (Lipinski definition) is 0. The van der Waals surface area contributed by atoms with Gasteiger partial charge < -0.3 is 9.64 Å². The van der Waals surface area contributed by atoms with Gasteiger partial charge in [0.05, 0.1) is 0 Å². The van der Waals surface area contributed by atoms with Gasteiger partial charge in [-0.3, -0.25) is 4.79 Å². The number of likely N-dealkylation sites (tertiary alicyclic amines) is 1. The lowest BCUT2D eigenvalue weighted by Crippen LogP contribution is -2.43. The van der Waals surface area contributed by atoms with Crippen molar-refractivity contribution in [3.8, 4) is 5.75 Å². The van der Waals surface area contributed by atoms with E-state index in [0.29, 0.717) is 11.7 Å². The van der Waals surface area contributed by atoms with Gasteiger partial charge in [-0.2, -0.15) is 0 Å². The van der Waals surface area contributed by atoms with E-state index in [4.69, 9.17) is 4.74 Å². The van der Waals surface area contributed by atoms with Gasteiger partial charge in [-0.1, -0.05) is 12.8 Å². The first-order valence-corrected chi connectivity index (χ1v) is 7.93. The molecule has 1 aliphatic heterocycles. The van der Waals surface area contributed by atoms with Crippen molar-refractivity contribution < 1.29 is 13.9 Å². The van der Waals surface area contributed by atoms with Crippen LogP contribution in [0.25, 0.3) is 0 Å². The lowest BCUT2D eigenvalue weighted by molar-refractivity contribution is -0.137. The molecule has 1 aromatic carbocycles. The number of nitrogens with zero attached hydrogens (tertiary/aromatic N) is 1. The maximum Gasteiger partial charge on any atom is 0.225 e. The van der Waals surface area contributed by atoms with Gasteiger partial charge in [0.25, 0.3) is 0 Å². The molecule has 0 unspecified atom stereocenters. The molecule has 1 amide bonds. The third kappa shape index (κ3) is 3.55. The Kier molecular flexibility index (Phi) is 4.42. The van der Waals surface area contributed by atoms with Crippen LogP contribution < -0.4 is 4.74 Å². The number of rotatable bonds is 3. The average Bonchev–Trinajstić information content (AvgIpc) is 3.04. The standard InChI is InChI=1S/C17H22FNO2/c18-14-5-7-15(8-6-14)21-16-9-11-19(12-10-16)17(20)13-3-1-2-4-13/h5-8,13,16H,1-4,9-12H2. The van der Waals surface area contributed by atoms with E-state index in [-0.39, 0.29) is 17.8 Å². The fraction of sp³-hybridized carbons (Fsp3) is 0.588. The van der Waals surface area contributed by atoms with Crippen LogP contribution in [0.15, 0.2) is 24.3 Å². The van der Waals surface area contributed by atoms with E-state index in [0.717, 1.165) is 38.8 Å². The molecule has 1 aromatic rings. The Bertz CT molecular complexity index is 474. The van der Waals surface area contributed by atoms with Gasteiger partial charge in [0.1, 0.15) is 17.7 Å². The number of halogens is 1. The Hall–Kier alpha value is -1.58. The molecule has 0 radical (unpaired) electrons. The Morgan fingerprint density at radius 1 is 1.05 bits per heavy atom. The molecule has 3 nitrogen and oxygen atoms in total. The van der Waals surface area contributed by atoms with Gasteiger partial charge in [0.15, 0.2) is 0 Å². The van der Waals surface area contributed by atoms with E-state index in [2.05, 4.69) is 0 Å². The Morgan fingerprint density at radius 3 is 2.29 bits per heavy atom. The van der Waals surface area contributed by atoms with Crippen LogP contribution in [-0.4, -0.2) is 30.0 Å². The molecule has 0 bridgehead atoms. The van der Waals surface area contributed by atoms with Crippen molar-refractivity contribution in [2.75, 3.05) is 13.1 Å². The summed E-state index contributed by atoms with van der Waals surface area (Å²) in [4.78, 5) is 14.3. The molecule has 2 aliphatic rings. The normalized spacial score (nSPS) is 20.7. The third-order valence-corrected chi connectivity index (χ3v) is 4.57. The zero-order valence-electron chi connectivity index (χ0n) is 12.3. The van der Waals surface area contributed by atoms with E-state index in [1.807, 2.05) is 4.90 Å². The fourth-order valence-electron chi connectivity index (χ4n) is 3.33. The second kappa shape index (κ2) is 6.46. The molecule has 1 aliphatic carbocycles. The zero-order valence-corrected chi connectivity index (χ0v) is 12.3. The fourth-order valence-corrected chi connectivity index (χ4v) is 3.33. The van der Waals surface area contributed by atoms with Gasteiger partial charge in [-0.25, -0.2) is 4.39 Å². The number of carbonyl (C=O) groups excluding carboxylic acids is 1. The summed E-state index contributed by atoms with van der Waals surface area (Å²) in [6, 6.07) is 6.14. The Balaban J connectivity index is 1.48. The number of carbonyl (C=O) groups is 1. The van der Waals surface area contributed by atoms with Crippen molar-refractivity contribution >= 4 is 5.91 Å². The minimum atomic E-state index is -0.251. The molecule has 3 rings (SSSR count). The molecule has 1 heterocycles. The van der Waals surface area contributed by atoms with E-state index >= 15 is 0 Å². The topological polar surface area (TPSA) is 29.5 Å². The first-order chi connectivity index (χ1) is 10.2. The van der Waals surface area contributed by atoms with Gasteiger partial charge in [-0.15, -0.1) is 0 Å². The monoisotopic (exact) mass is 291 g/mol. The molecular formula is C17H22FNO2. The van der Waals surface area contributed by atoms with Gasteiger partial charge in [0.2, 0.25) is 5.91 Å². The SMILES string of the molecule is O=C(C1CCCC1)N1CCC(Oc2ccc(F)cc2)CC1. The molecule has 4 heteroatoms. The molecule has 1 saturated carbocycles. The summed E-state index contributed by atoms with van der Waals surface area (Å²) < 4.78 is 18.7. The summed E-state index contributed by atoms with van der Waals surface area (Å²) in [5, 5.41) is 0. The summed E-state index contributed by atoms with van der Waals surface area (Å²) in [6.07, 6.45) is 6.35. The van der Waals surface area contributed by atoms with Crippen molar-refractivity contribution in [3.05, 3.63) is 30.1 Å². The minimum Gasteiger partial charge on any atom is -0.490 e. The summed E-state index contributed by atoms with van der Waals surface area (Å²) in [7, 11) is 0. The number of amides is 1. The summed E-state index contributed by atoms with van der Waals surface area (Å²) in [6.45, 7) is 1.56. The minimum absolute atomic E-state index is 0.128. The van der Waals surface area contributed by atoms with Crippen LogP contribution in [0.2, 0.25) is 0 Å². The van der Waals surface area contributed by atoms with Crippen molar-refractivity contribution in [3.63, 3.8) is 0 Å². The van der Waals surface area contributed by atoms with Crippen LogP contribution in [0, 0.1) is 11.7 Å². The molecule has 0 N–H and O–H groups in total. The average molecular weight is 291 g/mol. The van der Waals surface area contributed by atoms with Crippen LogP contribution in [0.5, 0.6) is 5.75 Å².